The maximum atomic E-state index is 13.0. The van der Waals surface area contributed by atoms with Crippen molar-refractivity contribution in [1.29, 1.82) is 0 Å². The number of aromatic amines is 2. The van der Waals surface area contributed by atoms with E-state index in [2.05, 4.69) is 20.2 Å². The number of para-hydroxylation sites is 1. The van der Waals surface area contributed by atoms with Gasteiger partial charge in [0, 0.05) is 27.7 Å². The third-order valence-corrected chi connectivity index (χ3v) is 5.26. The molecule has 0 saturated carbocycles. The molecular formula is C20H18N4OS. The Labute approximate surface area is 155 Å². The molecule has 2 aromatic carbocycles. The number of fused-ring (bicyclic) bond motifs is 1. The highest BCUT2D eigenvalue weighted by atomic mass is 32.2. The van der Waals surface area contributed by atoms with Crippen LogP contribution in [0.4, 0.5) is 0 Å². The lowest BCUT2D eigenvalue weighted by molar-refractivity contribution is 0.0995. The number of benzene rings is 2. The average molecular weight is 362 g/mol. The van der Waals surface area contributed by atoms with Crippen molar-refractivity contribution in [2.45, 2.75) is 24.3 Å². The lowest BCUT2D eigenvalue weighted by atomic mass is 10.1. The summed E-state index contributed by atoms with van der Waals surface area (Å²) in [6.45, 7) is 3.83. The number of nitrogens with zero attached hydrogens (tertiary/aromatic N) is 2. The van der Waals surface area contributed by atoms with E-state index in [-0.39, 0.29) is 11.0 Å². The third kappa shape index (κ3) is 3.04. The highest BCUT2D eigenvalue weighted by Gasteiger charge is 2.23. The quantitative estimate of drug-likeness (QED) is 0.401. The van der Waals surface area contributed by atoms with Gasteiger partial charge in [0.2, 0.25) is 5.16 Å². The Bertz CT molecular complexity index is 1070. The Balaban J connectivity index is 1.56. The molecule has 130 valence electrons. The van der Waals surface area contributed by atoms with Gasteiger partial charge in [0.15, 0.2) is 11.6 Å². The van der Waals surface area contributed by atoms with E-state index in [1.54, 1.807) is 0 Å². The predicted molar refractivity (Wildman–Crippen MR) is 105 cm³/mol. The van der Waals surface area contributed by atoms with Crippen LogP contribution in [-0.2, 0) is 0 Å². The molecule has 0 amide bonds. The number of hydrogen-bond donors (Lipinski definition) is 2. The highest BCUT2D eigenvalue weighted by molar-refractivity contribution is 8.00. The van der Waals surface area contributed by atoms with Crippen molar-refractivity contribution in [2.75, 3.05) is 0 Å². The molecule has 4 rings (SSSR count). The molecule has 2 N–H and O–H groups in total. The summed E-state index contributed by atoms with van der Waals surface area (Å²) in [6.07, 6.45) is 0. The van der Waals surface area contributed by atoms with E-state index in [0.717, 1.165) is 27.7 Å². The van der Waals surface area contributed by atoms with Gasteiger partial charge in [-0.3, -0.25) is 9.89 Å². The smallest absolute Gasteiger partial charge is 0.209 e. The Morgan fingerprint density at radius 2 is 1.81 bits per heavy atom. The fourth-order valence-electron chi connectivity index (χ4n) is 3.03. The second-order valence-electron chi connectivity index (χ2n) is 6.13. The van der Waals surface area contributed by atoms with Crippen LogP contribution in [0.1, 0.15) is 23.0 Å². The highest BCUT2D eigenvalue weighted by Crippen LogP contribution is 2.29. The standard InChI is InChI=1S/C20H18N4OS/c1-12-17(15-10-6-7-11-16(15)21-12)18(25)13(2)26-20-22-19(23-24-20)14-8-4-3-5-9-14/h3-11,13,21H,1-2H3,(H,22,23,24). The molecule has 4 aromatic rings. The predicted octanol–water partition coefficient (Wildman–Crippen LogP) is 4.62. The van der Waals surface area contributed by atoms with Gasteiger partial charge in [-0.05, 0) is 19.9 Å². The monoisotopic (exact) mass is 362 g/mol. The molecule has 6 heteroatoms. The van der Waals surface area contributed by atoms with Crippen LogP contribution in [0.15, 0.2) is 59.8 Å². The molecule has 0 saturated heterocycles. The van der Waals surface area contributed by atoms with Gasteiger partial charge in [-0.2, -0.15) is 0 Å². The second kappa shape index (κ2) is 6.80. The van der Waals surface area contributed by atoms with Crippen molar-refractivity contribution in [3.05, 3.63) is 65.9 Å². The summed E-state index contributed by atoms with van der Waals surface area (Å²) in [7, 11) is 0. The van der Waals surface area contributed by atoms with Crippen molar-refractivity contribution in [1.82, 2.24) is 20.2 Å². The Morgan fingerprint density at radius 1 is 1.08 bits per heavy atom. The van der Waals surface area contributed by atoms with E-state index in [9.17, 15) is 4.79 Å². The van der Waals surface area contributed by atoms with E-state index in [1.807, 2.05) is 68.4 Å². The van der Waals surface area contributed by atoms with Crippen LogP contribution in [0.3, 0.4) is 0 Å². The summed E-state index contributed by atoms with van der Waals surface area (Å²) in [6, 6.07) is 17.7. The molecular weight excluding hydrogens is 344 g/mol. The first-order valence-electron chi connectivity index (χ1n) is 8.39. The second-order valence-corrected chi connectivity index (χ2v) is 7.44. The van der Waals surface area contributed by atoms with Gasteiger partial charge < -0.3 is 4.98 Å². The number of carbonyl (C=O) groups is 1. The molecule has 2 heterocycles. The summed E-state index contributed by atoms with van der Waals surface area (Å²) in [5.41, 5.74) is 3.59. The fraction of sp³-hybridized carbons (Fsp3) is 0.150. The number of carbonyl (C=O) groups excluding carboxylic acids is 1. The third-order valence-electron chi connectivity index (χ3n) is 4.30. The van der Waals surface area contributed by atoms with Crippen molar-refractivity contribution in [2.24, 2.45) is 0 Å². The molecule has 0 spiro atoms. The number of H-pyrrole nitrogens is 2. The zero-order valence-electron chi connectivity index (χ0n) is 14.5. The SMILES string of the molecule is Cc1[nH]c2ccccc2c1C(=O)C(C)Sc1n[nH]c(-c2ccccc2)n1. The minimum Gasteiger partial charge on any atom is -0.358 e. The number of aryl methyl sites for hydroxylation is 1. The largest absolute Gasteiger partial charge is 0.358 e. The number of nitrogens with one attached hydrogen (secondary N) is 2. The van der Waals surface area contributed by atoms with Crippen LogP contribution in [-0.4, -0.2) is 31.2 Å². The number of Topliss-reactive ketones (excluding diaryl/α,β-unsaturated/α-hetero) is 1. The number of rotatable bonds is 5. The molecule has 0 bridgehead atoms. The molecule has 1 atom stereocenters. The lowest BCUT2D eigenvalue weighted by Crippen LogP contribution is -2.14. The van der Waals surface area contributed by atoms with E-state index in [4.69, 9.17) is 0 Å². The molecule has 5 nitrogen and oxygen atoms in total. The average Bonchev–Trinajstić information content (AvgIpc) is 3.25. The van der Waals surface area contributed by atoms with Gasteiger partial charge in [-0.25, -0.2) is 4.98 Å². The van der Waals surface area contributed by atoms with Crippen molar-refractivity contribution >= 4 is 28.4 Å². The topological polar surface area (TPSA) is 74.4 Å². The number of aromatic nitrogens is 4. The van der Waals surface area contributed by atoms with Crippen LogP contribution < -0.4 is 0 Å². The van der Waals surface area contributed by atoms with Crippen LogP contribution in [0.2, 0.25) is 0 Å². The number of thioether (sulfide) groups is 1. The van der Waals surface area contributed by atoms with Crippen LogP contribution in [0.5, 0.6) is 0 Å². The van der Waals surface area contributed by atoms with Crippen LogP contribution >= 0.6 is 11.8 Å². The van der Waals surface area contributed by atoms with Gasteiger partial charge in [-0.15, -0.1) is 5.10 Å². The maximum absolute atomic E-state index is 13.0. The summed E-state index contributed by atoms with van der Waals surface area (Å²) in [5.74, 6) is 0.784. The first-order valence-corrected chi connectivity index (χ1v) is 9.27. The summed E-state index contributed by atoms with van der Waals surface area (Å²) < 4.78 is 0. The summed E-state index contributed by atoms with van der Waals surface area (Å²) in [5, 5.41) is 8.44. The van der Waals surface area contributed by atoms with E-state index in [0.29, 0.717) is 11.0 Å². The lowest BCUT2D eigenvalue weighted by Gasteiger charge is -2.08. The number of hydrogen-bond acceptors (Lipinski definition) is 4. The van der Waals surface area contributed by atoms with Gasteiger partial charge in [0.25, 0.3) is 0 Å². The Morgan fingerprint density at radius 3 is 2.62 bits per heavy atom. The molecule has 1 unspecified atom stereocenters. The molecule has 0 fully saturated rings. The van der Waals surface area contributed by atoms with Crippen LogP contribution in [0.25, 0.3) is 22.3 Å². The minimum absolute atomic E-state index is 0.0796. The van der Waals surface area contributed by atoms with Gasteiger partial charge in [0.05, 0.1) is 5.25 Å². The first kappa shape index (κ1) is 16.6. The minimum atomic E-state index is -0.285. The van der Waals surface area contributed by atoms with E-state index >= 15 is 0 Å². The molecule has 0 aliphatic heterocycles. The summed E-state index contributed by atoms with van der Waals surface area (Å²) in [4.78, 5) is 20.8. The molecule has 0 radical (unpaired) electrons. The zero-order valence-corrected chi connectivity index (χ0v) is 15.3. The van der Waals surface area contributed by atoms with Gasteiger partial charge in [0.1, 0.15) is 0 Å². The Hall–Kier alpha value is -2.86. The molecule has 0 aliphatic rings. The Kier molecular flexibility index (Phi) is 4.34. The van der Waals surface area contributed by atoms with Crippen molar-refractivity contribution in [3.8, 4) is 11.4 Å². The van der Waals surface area contributed by atoms with E-state index < -0.39 is 0 Å². The molecule has 2 aromatic heterocycles. The van der Waals surface area contributed by atoms with Gasteiger partial charge >= 0.3 is 0 Å². The fourth-order valence-corrected chi connectivity index (χ4v) is 3.82. The first-order chi connectivity index (χ1) is 12.6. The molecule has 0 aliphatic carbocycles. The van der Waals surface area contributed by atoms with Crippen molar-refractivity contribution < 1.29 is 4.79 Å². The van der Waals surface area contributed by atoms with Crippen molar-refractivity contribution in [3.63, 3.8) is 0 Å². The normalized spacial score (nSPS) is 12.4. The van der Waals surface area contributed by atoms with Gasteiger partial charge in [-0.1, -0.05) is 60.3 Å². The summed E-state index contributed by atoms with van der Waals surface area (Å²) >= 11 is 1.37. The van der Waals surface area contributed by atoms with Crippen LogP contribution in [0, 0.1) is 6.92 Å². The zero-order chi connectivity index (χ0) is 18.1. The molecule has 26 heavy (non-hydrogen) atoms. The van der Waals surface area contributed by atoms with E-state index in [1.165, 1.54) is 11.8 Å². The number of ketones is 1. The maximum Gasteiger partial charge on any atom is 0.209 e.